The molecule has 1 saturated heterocycles. The number of aryl methyl sites for hydroxylation is 1. The number of esters is 1. The van der Waals surface area contributed by atoms with Crippen LogP contribution in [0.4, 0.5) is 0 Å². The van der Waals surface area contributed by atoms with Crippen LogP contribution in [0.25, 0.3) is 10.9 Å². The fraction of sp³-hybridized carbons (Fsp3) is 0.591. The SMILES string of the molecule is CC[C@@]12CCCN(CCc3c(n(C)c4ccccc34)[C@H](C(=O)OC)C1)C2. The Balaban J connectivity index is 1.92. The van der Waals surface area contributed by atoms with Crippen LogP contribution in [0.5, 0.6) is 0 Å². The Hall–Kier alpha value is -1.81. The molecule has 1 aromatic heterocycles. The first kappa shape index (κ1) is 17.6. The van der Waals surface area contributed by atoms with Gasteiger partial charge in [0.1, 0.15) is 0 Å². The summed E-state index contributed by atoms with van der Waals surface area (Å²) in [4.78, 5) is 15.5. The molecule has 140 valence electrons. The van der Waals surface area contributed by atoms with Crippen LogP contribution in [0.1, 0.15) is 49.8 Å². The predicted octanol–water partition coefficient (Wildman–Crippen LogP) is 3.87. The van der Waals surface area contributed by atoms with Gasteiger partial charge in [0.05, 0.1) is 13.0 Å². The van der Waals surface area contributed by atoms with Crippen LogP contribution < -0.4 is 0 Å². The Labute approximate surface area is 156 Å². The van der Waals surface area contributed by atoms with Crippen molar-refractivity contribution in [3.8, 4) is 0 Å². The second kappa shape index (κ2) is 6.73. The molecule has 1 fully saturated rings. The maximum absolute atomic E-state index is 12.9. The molecule has 0 aliphatic carbocycles. The number of piperidine rings is 1. The standard InChI is InChI=1S/C22H30N2O2/c1-4-22-11-7-12-24(15-22)13-10-17-16-8-5-6-9-19(16)23(2)20(17)18(14-22)21(25)26-3/h5-6,8-9,18H,4,7,10-15H2,1-3H3/t18-,22-/m1/s1. The van der Waals surface area contributed by atoms with E-state index in [0.717, 1.165) is 32.4 Å². The Morgan fingerprint density at radius 2 is 2.12 bits per heavy atom. The van der Waals surface area contributed by atoms with Gasteiger partial charge in [0.15, 0.2) is 0 Å². The molecule has 1 aromatic carbocycles. The number of rotatable bonds is 2. The van der Waals surface area contributed by atoms with Gasteiger partial charge in [-0.1, -0.05) is 25.1 Å². The number of methoxy groups -OCH3 is 1. The fourth-order valence-electron chi connectivity index (χ4n) is 5.44. The van der Waals surface area contributed by atoms with E-state index >= 15 is 0 Å². The quantitative estimate of drug-likeness (QED) is 0.768. The Bertz CT molecular complexity index is 825. The third kappa shape index (κ3) is 2.75. The molecule has 4 rings (SSSR count). The molecule has 4 nitrogen and oxygen atoms in total. The molecule has 0 amide bonds. The summed E-state index contributed by atoms with van der Waals surface area (Å²) < 4.78 is 7.55. The molecular formula is C22H30N2O2. The summed E-state index contributed by atoms with van der Waals surface area (Å²) >= 11 is 0. The highest BCUT2D eigenvalue weighted by Gasteiger charge is 2.41. The Morgan fingerprint density at radius 3 is 2.88 bits per heavy atom. The average molecular weight is 354 g/mol. The number of para-hydroxylation sites is 1. The highest BCUT2D eigenvalue weighted by molar-refractivity contribution is 5.89. The summed E-state index contributed by atoms with van der Waals surface area (Å²) in [5.41, 5.74) is 3.96. The van der Waals surface area contributed by atoms with Gasteiger partial charge in [0, 0.05) is 36.7 Å². The lowest BCUT2D eigenvalue weighted by molar-refractivity contribution is -0.143. The van der Waals surface area contributed by atoms with Crippen molar-refractivity contribution in [1.29, 1.82) is 0 Å². The monoisotopic (exact) mass is 354 g/mol. The number of carbonyl (C=O) groups is 1. The van der Waals surface area contributed by atoms with Gasteiger partial charge in [-0.2, -0.15) is 0 Å². The van der Waals surface area contributed by atoms with Gasteiger partial charge in [-0.3, -0.25) is 4.79 Å². The molecule has 2 aliphatic heterocycles. The van der Waals surface area contributed by atoms with Crippen molar-refractivity contribution in [2.24, 2.45) is 12.5 Å². The first-order valence-electron chi connectivity index (χ1n) is 9.95. The predicted molar refractivity (Wildman–Crippen MR) is 104 cm³/mol. The van der Waals surface area contributed by atoms with Crippen molar-refractivity contribution in [2.45, 2.75) is 44.9 Å². The van der Waals surface area contributed by atoms with E-state index in [1.807, 2.05) is 0 Å². The lowest BCUT2D eigenvalue weighted by atomic mass is 9.71. The van der Waals surface area contributed by atoms with Crippen LogP contribution in [0.15, 0.2) is 24.3 Å². The van der Waals surface area contributed by atoms with Gasteiger partial charge in [0.2, 0.25) is 0 Å². The first-order chi connectivity index (χ1) is 12.6. The van der Waals surface area contributed by atoms with E-state index in [0.29, 0.717) is 0 Å². The number of hydrogen-bond donors (Lipinski definition) is 0. The number of fused-ring (bicyclic) bond motifs is 5. The lowest BCUT2D eigenvalue weighted by Crippen LogP contribution is -2.44. The number of nitrogens with zero attached hydrogens (tertiary/aromatic N) is 2. The van der Waals surface area contributed by atoms with Crippen LogP contribution in [0.2, 0.25) is 0 Å². The number of carbonyl (C=O) groups excluding carboxylic acids is 1. The molecule has 3 atom stereocenters. The van der Waals surface area contributed by atoms with Gasteiger partial charge >= 0.3 is 5.97 Å². The van der Waals surface area contributed by atoms with Crippen LogP contribution in [-0.2, 0) is 23.0 Å². The summed E-state index contributed by atoms with van der Waals surface area (Å²) in [6.07, 6.45) is 5.47. The number of hydrogen-bond acceptors (Lipinski definition) is 3. The Morgan fingerprint density at radius 1 is 1.31 bits per heavy atom. The minimum Gasteiger partial charge on any atom is -0.469 e. The molecule has 0 saturated carbocycles. The van der Waals surface area contributed by atoms with Crippen molar-refractivity contribution >= 4 is 16.9 Å². The van der Waals surface area contributed by atoms with Gasteiger partial charge in [0.25, 0.3) is 0 Å². The van der Waals surface area contributed by atoms with Crippen molar-refractivity contribution in [3.05, 3.63) is 35.5 Å². The maximum atomic E-state index is 12.9. The topological polar surface area (TPSA) is 34.5 Å². The minimum atomic E-state index is -0.176. The number of aromatic nitrogens is 1. The fourth-order valence-corrected chi connectivity index (χ4v) is 5.44. The van der Waals surface area contributed by atoms with E-state index in [9.17, 15) is 4.79 Å². The summed E-state index contributed by atoms with van der Waals surface area (Å²) in [7, 11) is 3.64. The minimum absolute atomic E-state index is 0.0796. The van der Waals surface area contributed by atoms with E-state index in [1.54, 1.807) is 0 Å². The summed E-state index contributed by atoms with van der Waals surface area (Å²) in [6.45, 7) is 5.67. The molecule has 0 radical (unpaired) electrons. The van der Waals surface area contributed by atoms with E-state index in [1.165, 1.54) is 48.7 Å². The second-order valence-electron chi connectivity index (χ2n) is 8.20. The summed E-state index contributed by atoms with van der Waals surface area (Å²) in [6, 6.07) is 8.56. The zero-order valence-corrected chi connectivity index (χ0v) is 16.3. The second-order valence-corrected chi connectivity index (χ2v) is 8.20. The molecule has 1 unspecified atom stereocenters. The molecular weight excluding hydrogens is 324 g/mol. The van der Waals surface area contributed by atoms with Crippen LogP contribution in [0.3, 0.4) is 0 Å². The highest BCUT2D eigenvalue weighted by atomic mass is 16.5. The summed E-state index contributed by atoms with van der Waals surface area (Å²) in [5, 5.41) is 1.29. The van der Waals surface area contributed by atoms with Crippen molar-refractivity contribution in [1.82, 2.24) is 9.47 Å². The van der Waals surface area contributed by atoms with Crippen LogP contribution >= 0.6 is 0 Å². The third-order valence-corrected chi connectivity index (χ3v) is 6.88. The lowest BCUT2D eigenvalue weighted by Gasteiger charge is -2.43. The maximum Gasteiger partial charge on any atom is 0.314 e. The molecule has 0 N–H and O–H groups in total. The van der Waals surface area contributed by atoms with Gasteiger partial charge < -0.3 is 14.2 Å². The third-order valence-electron chi connectivity index (χ3n) is 6.88. The van der Waals surface area contributed by atoms with E-state index in [4.69, 9.17) is 4.74 Å². The molecule has 3 heterocycles. The molecule has 2 bridgehead atoms. The van der Waals surface area contributed by atoms with Crippen molar-refractivity contribution in [2.75, 3.05) is 26.7 Å². The van der Waals surface area contributed by atoms with Crippen molar-refractivity contribution < 1.29 is 9.53 Å². The number of benzene rings is 1. The Kier molecular flexibility index (Phi) is 4.55. The molecule has 2 aliphatic rings. The zero-order chi connectivity index (χ0) is 18.3. The smallest absolute Gasteiger partial charge is 0.314 e. The molecule has 0 spiro atoms. The van der Waals surface area contributed by atoms with Gasteiger partial charge in [-0.25, -0.2) is 0 Å². The molecule has 4 heteroatoms. The zero-order valence-electron chi connectivity index (χ0n) is 16.3. The first-order valence-corrected chi connectivity index (χ1v) is 9.95. The van der Waals surface area contributed by atoms with E-state index < -0.39 is 0 Å². The van der Waals surface area contributed by atoms with E-state index in [-0.39, 0.29) is 17.3 Å². The van der Waals surface area contributed by atoms with E-state index in [2.05, 4.69) is 47.7 Å². The number of ether oxygens (including phenoxy) is 1. The van der Waals surface area contributed by atoms with Crippen LogP contribution in [0, 0.1) is 5.41 Å². The molecule has 2 aromatic rings. The van der Waals surface area contributed by atoms with Crippen LogP contribution in [-0.4, -0.2) is 42.2 Å². The highest BCUT2D eigenvalue weighted by Crippen LogP contribution is 2.45. The van der Waals surface area contributed by atoms with Gasteiger partial charge in [-0.05, 0) is 55.7 Å². The summed E-state index contributed by atoms with van der Waals surface area (Å²) in [5.74, 6) is -0.255. The largest absolute Gasteiger partial charge is 0.469 e. The normalized spacial score (nSPS) is 28.7. The molecule has 26 heavy (non-hydrogen) atoms. The average Bonchev–Trinajstić information content (AvgIpc) is 2.97. The van der Waals surface area contributed by atoms with Gasteiger partial charge in [-0.15, -0.1) is 0 Å². The van der Waals surface area contributed by atoms with Crippen molar-refractivity contribution in [3.63, 3.8) is 0 Å².